The van der Waals surface area contributed by atoms with Gasteiger partial charge in [-0.15, -0.1) is 0 Å². The van der Waals surface area contributed by atoms with Crippen LogP contribution < -0.4 is 0 Å². The molecule has 4 nitrogen and oxygen atoms in total. The Morgan fingerprint density at radius 1 is 1.43 bits per heavy atom. The Morgan fingerprint density at radius 3 is 2.93 bits per heavy atom. The van der Waals surface area contributed by atoms with E-state index in [0.29, 0.717) is 11.5 Å². The average molecular weight is 369 g/mol. The van der Waals surface area contributed by atoms with E-state index >= 15 is 0 Å². The Kier molecular flexibility index (Phi) is 3.85. The zero-order valence-electron chi connectivity index (χ0n) is 7.02. The first kappa shape index (κ1) is 10.9. The van der Waals surface area contributed by atoms with Gasteiger partial charge in [-0.25, -0.2) is 14.6 Å². The van der Waals surface area contributed by atoms with Crippen molar-refractivity contribution in [3.8, 4) is 5.82 Å². The molecular weight excluding hydrogens is 363 g/mol. The number of hydrogen-bond acceptors (Lipinski definition) is 3. The Labute approximate surface area is 93.5 Å². The van der Waals surface area contributed by atoms with E-state index in [9.17, 15) is 4.39 Å². The van der Waals surface area contributed by atoms with Crippen LogP contribution in [0.5, 0.6) is 0 Å². The molecule has 0 atom stereocenters. The molecular formula is C8H6FIrN4-. The first-order valence-corrected chi connectivity index (χ1v) is 3.70. The predicted molar refractivity (Wildman–Crippen MR) is 42.8 cm³/mol. The molecule has 0 aliphatic carbocycles. The van der Waals surface area contributed by atoms with Crippen molar-refractivity contribution in [2.45, 2.75) is 6.67 Å². The standard InChI is InChI=1S/C8H6FN4.Ir/c9-4-7-2-1-3-8(12-7)13-5-10-11-6-13;/h1-3,5H,4H2;/q-1;. The van der Waals surface area contributed by atoms with Gasteiger partial charge in [0, 0.05) is 38.6 Å². The summed E-state index contributed by atoms with van der Waals surface area (Å²) in [5, 5.41) is 7.09. The van der Waals surface area contributed by atoms with Gasteiger partial charge in [0.25, 0.3) is 0 Å². The summed E-state index contributed by atoms with van der Waals surface area (Å²) >= 11 is 0. The van der Waals surface area contributed by atoms with Gasteiger partial charge in [-0.05, 0) is 6.07 Å². The normalized spacial score (nSPS) is 9.50. The van der Waals surface area contributed by atoms with Crippen LogP contribution in [0, 0.1) is 6.33 Å². The maximum atomic E-state index is 12.2. The molecule has 0 fully saturated rings. The second kappa shape index (κ2) is 4.93. The van der Waals surface area contributed by atoms with Gasteiger partial charge in [0.05, 0.1) is 5.69 Å². The second-order valence-corrected chi connectivity index (χ2v) is 2.42. The van der Waals surface area contributed by atoms with Gasteiger partial charge < -0.3 is 4.57 Å². The monoisotopic (exact) mass is 370 g/mol. The zero-order valence-corrected chi connectivity index (χ0v) is 9.41. The summed E-state index contributed by atoms with van der Waals surface area (Å²) in [6.45, 7) is -0.573. The van der Waals surface area contributed by atoms with E-state index in [1.807, 2.05) is 0 Å². The molecule has 0 saturated heterocycles. The summed E-state index contributed by atoms with van der Waals surface area (Å²) in [5.41, 5.74) is 0.389. The van der Waals surface area contributed by atoms with Gasteiger partial charge in [0.2, 0.25) is 0 Å². The van der Waals surface area contributed by atoms with Gasteiger partial charge >= 0.3 is 0 Å². The number of rotatable bonds is 2. The van der Waals surface area contributed by atoms with E-state index in [1.54, 1.807) is 18.2 Å². The van der Waals surface area contributed by atoms with E-state index in [1.165, 1.54) is 10.9 Å². The molecule has 0 N–H and O–H groups in total. The minimum Gasteiger partial charge on any atom is -0.435 e. The summed E-state index contributed by atoms with van der Waals surface area (Å²) in [7, 11) is 0. The van der Waals surface area contributed by atoms with Gasteiger partial charge in [0.1, 0.15) is 6.67 Å². The van der Waals surface area contributed by atoms with E-state index in [4.69, 9.17) is 0 Å². The fraction of sp³-hybridized carbons (Fsp3) is 0.125. The second-order valence-electron chi connectivity index (χ2n) is 2.42. The van der Waals surface area contributed by atoms with Crippen LogP contribution in [0.15, 0.2) is 24.5 Å². The van der Waals surface area contributed by atoms with E-state index in [0.717, 1.165) is 0 Å². The predicted octanol–water partition coefficient (Wildman–Crippen LogP) is 0.929. The van der Waals surface area contributed by atoms with Crippen LogP contribution >= 0.6 is 0 Å². The van der Waals surface area contributed by atoms with E-state index < -0.39 is 6.67 Å². The Morgan fingerprint density at radius 2 is 2.29 bits per heavy atom. The molecule has 2 heterocycles. The summed E-state index contributed by atoms with van der Waals surface area (Å²) in [6, 6.07) is 5.08. The molecule has 0 bridgehead atoms. The Balaban J connectivity index is 0.000000980. The van der Waals surface area contributed by atoms with Gasteiger partial charge in [0.15, 0.2) is 0 Å². The Bertz CT molecular complexity index is 390. The summed E-state index contributed by atoms with van der Waals surface area (Å²) < 4.78 is 13.7. The summed E-state index contributed by atoms with van der Waals surface area (Å²) in [6.07, 6.45) is 4.04. The topological polar surface area (TPSA) is 43.6 Å². The minimum atomic E-state index is -0.573. The van der Waals surface area contributed by atoms with Crippen molar-refractivity contribution in [1.29, 1.82) is 0 Å². The quantitative estimate of drug-likeness (QED) is 0.740. The smallest absolute Gasteiger partial charge is 0.130 e. The van der Waals surface area contributed by atoms with Crippen molar-refractivity contribution in [3.05, 3.63) is 36.5 Å². The third kappa shape index (κ3) is 2.21. The molecule has 0 aromatic carbocycles. The number of halogens is 1. The molecule has 0 aliphatic heterocycles. The van der Waals surface area contributed by atoms with E-state index in [-0.39, 0.29) is 20.1 Å². The average Bonchev–Trinajstić information content (AvgIpc) is 2.71. The maximum Gasteiger partial charge on any atom is 0.130 e. The molecule has 2 aromatic rings. The van der Waals surface area contributed by atoms with Crippen LogP contribution in [0.1, 0.15) is 5.69 Å². The molecule has 0 spiro atoms. The number of hydrogen-bond donors (Lipinski definition) is 0. The maximum absolute atomic E-state index is 12.2. The molecule has 0 unspecified atom stereocenters. The fourth-order valence-corrected chi connectivity index (χ4v) is 0.963. The van der Waals surface area contributed by atoms with Crippen LogP contribution in [0.25, 0.3) is 5.82 Å². The third-order valence-electron chi connectivity index (χ3n) is 1.55. The van der Waals surface area contributed by atoms with E-state index in [2.05, 4.69) is 21.5 Å². The van der Waals surface area contributed by atoms with Crippen molar-refractivity contribution in [1.82, 2.24) is 19.7 Å². The van der Waals surface area contributed by atoms with Crippen LogP contribution in [0.2, 0.25) is 0 Å². The molecule has 14 heavy (non-hydrogen) atoms. The molecule has 0 saturated carbocycles. The number of aromatic nitrogens is 4. The molecule has 0 amide bonds. The van der Waals surface area contributed by atoms with Crippen LogP contribution in [0.3, 0.4) is 0 Å². The third-order valence-corrected chi connectivity index (χ3v) is 1.55. The first-order valence-electron chi connectivity index (χ1n) is 3.70. The SMILES string of the molecule is FCc1cccc(-n2[c-]nnc2)n1.[Ir]. The molecule has 2 aromatic heterocycles. The van der Waals surface area contributed by atoms with Gasteiger partial charge in [-0.1, -0.05) is 12.1 Å². The first-order chi connectivity index (χ1) is 6.40. The summed E-state index contributed by atoms with van der Waals surface area (Å²) in [5.74, 6) is 0.570. The zero-order chi connectivity index (χ0) is 9.10. The van der Waals surface area contributed by atoms with Crippen molar-refractivity contribution in [2.24, 2.45) is 0 Å². The van der Waals surface area contributed by atoms with Crippen LogP contribution in [-0.2, 0) is 26.8 Å². The van der Waals surface area contributed by atoms with Crippen LogP contribution in [0.4, 0.5) is 4.39 Å². The van der Waals surface area contributed by atoms with Crippen molar-refractivity contribution in [2.75, 3.05) is 0 Å². The molecule has 75 valence electrons. The largest absolute Gasteiger partial charge is 0.435 e. The number of alkyl halides is 1. The fourth-order valence-electron chi connectivity index (χ4n) is 0.963. The summed E-state index contributed by atoms with van der Waals surface area (Å²) in [4.78, 5) is 4.01. The van der Waals surface area contributed by atoms with Gasteiger partial charge in [-0.2, -0.15) is 0 Å². The number of pyridine rings is 1. The van der Waals surface area contributed by atoms with Crippen LogP contribution in [-0.4, -0.2) is 19.7 Å². The molecule has 2 rings (SSSR count). The number of nitrogens with zero attached hydrogens (tertiary/aromatic N) is 4. The Hall–Kier alpha value is -1.13. The molecule has 6 heteroatoms. The molecule has 0 aliphatic rings. The van der Waals surface area contributed by atoms with Crippen molar-refractivity contribution < 1.29 is 24.5 Å². The van der Waals surface area contributed by atoms with Crippen molar-refractivity contribution in [3.63, 3.8) is 0 Å². The van der Waals surface area contributed by atoms with Gasteiger partial charge in [-0.3, -0.25) is 4.98 Å². The minimum absolute atomic E-state index is 0. The molecule has 1 radical (unpaired) electrons. The van der Waals surface area contributed by atoms with Crippen molar-refractivity contribution >= 4 is 0 Å².